The molecule has 0 saturated heterocycles. The second-order valence-electron chi connectivity index (χ2n) is 5.80. The van der Waals surface area contributed by atoms with Gasteiger partial charge in [-0.05, 0) is 49.6 Å². The maximum atomic E-state index is 12.4. The summed E-state index contributed by atoms with van der Waals surface area (Å²) in [5.41, 5.74) is 2.65. The van der Waals surface area contributed by atoms with E-state index in [-0.39, 0.29) is 11.9 Å². The van der Waals surface area contributed by atoms with Crippen LogP contribution in [0.15, 0.2) is 48.5 Å². The molecule has 0 unspecified atom stereocenters. The highest BCUT2D eigenvalue weighted by molar-refractivity contribution is 6.09. The maximum Gasteiger partial charge on any atom is 0.193 e. The van der Waals surface area contributed by atoms with E-state index >= 15 is 0 Å². The van der Waals surface area contributed by atoms with Gasteiger partial charge < -0.3 is 4.74 Å². The fraction of sp³-hybridized carbons (Fsp3) is 0.316. The van der Waals surface area contributed by atoms with Crippen molar-refractivity contribution in [2.24, 2.45) is 0 Å². The molecule has 2 heteroatoms. The highest BCUT2D eigenvalue weighted by Crippen LogP contribution is 2.19. The first-order valence-corrected chi connectivity index (χ1v) is 7.38. The molecular formula is C19H22O2. The third-order valence-corrected chi connectivity index (χ3v) is 3.33. The Kier molecular flexibility index (Phi) is 4.79. The largest absolute Gasteiger partial charge is 0.491 e. The molecule has 2 rings (SSSR count). The zero-order chi connectivity index (χ0) is 15.4. The Morgan fingerprint density at radius 3 is 1.71 bits per heavy atom. The van der Waals surface area contributed by atoms with E-state index in [2.05, 4.69) is 13.8 Å². The van der Waals surface area contributed by atoms with Gasteiger partial charge in [0.05, 0.1) is 6.10 Å². The summed E-state index contributed by atoms with van der Waals surface area (Å²) < 4.78 is 5.59. The van der Waals surface area contributed by atoms with Crippen molar-refractivity contribution in [1.29, 1.82) is 0 Å². The Hall–Kier alpha value is -2.09. The summed E-state index contributed by atoms with van der Waals surface area (Å²) in [6.07, 6.45) is 0.134. The first-order valence-electron chi connectivity index (χ1n) is 7.38. The average Bonchev–Trinajstić information content (AvgIpc) is 2.47. The van der Waals surface area contributed by atoms with Crippen LogP contribution in [0, 0.1) is 0 Å². The van der Waals surface area contributed by atoms with Crippen molar-refractivity contribution in [3.05, 3.63) is 65.2 Å². The van der Waals surface area contributed by atoms with E-state index in [1.807, 2.05) is 62.4 Å². The van der Waals surface area contributed by atoms with Crippen molar-refractivity contribution in [3.8, 4) is 5.75 Å². The molecule has 0 aliphatic heterocycles. The quantitative estimate of drug-likeness (QED) is 0.734. The second-order valence-corrected chi connectivity index (χ2v) is 5.80. The molecule has 0 amide bonds. The van der Waals surface area contributed by atoms with Crippen LogP contribution in [0.5, 0.6) is 5.75 Å². The van der Waals surface area contributed by atoms with Crippen LogP contribution in [0.2, 0.25) is 0 Å². The predicted octanol–water partition coefficient (Wildman–Crippen LogP) is 4.83. The highest BCUT2D eigenvalue weighted by atomic mass is 16.5. The van der Waals surface area contributed by atoms with E-state index in [1.165, 1.54) is 5.56 Å². The van der Waals surface area contributed by atoms with Crippen LogP contribution in [-0.4, -0.2) is 11.9 Å². The Bertz CT molecular complexity index is 592. The Morgan fingerprint density at radius 2 is 1.29 bits per heavy atom. The standard InChI is InChI=1S/C19H22O2/c1-13(2)15-5-7-16(8-6-15)19(20)17-9-11-18(12-10-17)21-14(3)4/h5-14H,1-4H3. The fourth-order valence-electron chi connectivity index (χ4n) is 2.14. The number of benzene rings is 2. The lowest BCUT2D eigenvalue weighted by Gasteiger charge is -2.10. The number of carbonyl (C=O) groups is 1. The number of ketones is 1. The minimum atomic E-state index is 0.0430. The molecule has 0 atom stereocenters. The summed E-state index contributed by atoms with van der Waals surface area (Å²) in [5.74, 6) is 1.31. The maximum absolute atomic E-state index is 12.4. The molecule has 0 fully saturated rings. The first-order chi connectivity index (χ1) is 9.97. The Morgan fingerprint density at radius 1 is 0.810 bits per heavy atom. The van der Waals surface area contributed by atoms with Crippen LogP contribution in [-0.2, 0) is 0 Å². The lowest BCUT2D eigenvalue weighted by Crippen LogP contribution is -2.06. The molecule has 0 aliphatic rings. The van der Waals surface area contributed by atoms with Gasteiger partial charge in [-0.15, -0.1) is 0 Å². The van der Waals surface area contributed by atoms with Gasteiger partial charge in [-0.2, -0.15) is 0 Å². The number of hydrogen-bond donors (Lipinski definition) is 0. The molecule has 21 heavy (non-hydrogen) atoms. The van der Waals surface area contributed by atoms with Crippen molar-refractivity contribution in [2.45, 2.75) is 39.7 Å². The summed E-state index contributed by atoms with van der Waals surface area (Å²) >= 11 is 0. The van der Waals surface area contributed by atoms with Gasteiger partial charge >= 0.3 is 0 Å². The molecule has 0 heterocycles. The predicted molar refractivity (Wildman–Crippen MR) is 86.2 cm³/mol. The topological polar surface area (TPSA) is 26.3 Å². The summed E-state index contributed by atoms with van der Waals surface area (Å²) in [6.45, 7) is 8.25. The molecule has 0 aliphatic carbocycles. The van der Waals surface area contributed by atoms with Gasteiger partial charge in [-0.25, -0.2) is 0 Å². The average molecular weight is 282 g/mol. The van der Waals surface area contributed by atoms with Crippen LogP contribution < -0.4 is 4.74 Å². The van der Waals surface area contributed by atoms with Gasteiger partial charge in [0.15, 0.2) is 5.78 Å². The van der Waals surface area contributed by atoms with Gasteiger partial charge in [-0.1, -0.05) is 38.1 Å². The van der Waals surface area contributed by atoms with Crippen LogP contribution in [0.4, 0.5) is 0 Å². The summed E-state index contributed by atoms with van der Waals surface area (Å²) in [6, 6.07) is 15.2. The molecule has 0 saturated carbocycles. The first kappa shape index (κ1) is 15.3. The normalized spacial score (nSPS) is 11.0. The molecule has 2 nitrogen and oxygen atoms in total. The fourth-order valence-corrected chi connectivity index (χ4v) is 2.14. The highest BCUT2D eigenvalue weighted by Gasteiger charge is 2.10. The summed E-state index contributed by atoms with van der Waals surface area (Å²) in [5, 5.41) is 0. The van der Waals surface area contributed by atoms with E-state index in [0.29, 0.717) is 11.5 Å². The van der Waals surface area contributed by atoms with E-state index in [0.717, 1.165) is 11.3 Å². The lowest BCUT2D eigenvalue weighted by molar-refractivity contribution is 0.103. The molecular weight excluding hydrogens is 260 g/mol. The number of ether oxygens (including phenoxy) is 1. The van der Waals surface area contributed by atoms with E-state index in [1.54, 1.807) is 0 Å². The van der Waals surface area contributed by atoms with Gasteiger partial charge in [0.2, 0.25) is 0 Å². The third kappa shape index (κ3) is 3.94. The number of carbonyl (C=O) groups excluding carboxylic acids is 1. The number of rotatable bonds is 5. The lowest BCUT2D eigenvalue weighted by atomic mass is 9.98. The van der Waals surface area contributed by atoms with E-state index in [4.69, 9.17) is 4.74 Å². The molecule has 2 aromatic rings. The zero-order valence-electron chi connectivity index (χ0n) is 13.1. The van der Waals surface area contributed by atoms with Crippen molar-refractivity contribution < 1.29 is 9.53 Å². The van der Waals surface area contributed by atoms with Crippen LogP contribution in [0.3, 0.4) is 0 Å². The van der Waals surface area contributed by atoms with Crippen LogP contribution >= 0.6 is 0 Å². The van der Waals surface area contributed by atoms with Gasteiger partial charge in [0.1, 0.15) is 5.75 Å². The molecule has 0 radical (unpaired) electrons. The molecule has 2 aromatic carbocycles. The second kappa shape index (κ2) is 6.57. The van der Waals surface area contributed by atoms with Gasteiger partial charge in [-0.3, -0.25) is 4.79 Å². The minimum Gasteiger partial charge on any atom is -0.491 e. The molecule has 110 valence electrons. The molecule has 0 aromatic heterocycles. The summed E-state index contributed by atoms with van der Waals surface area (Å²) in [7, 11) is 0. The summed E-state index contributed by atoms with van der Waals surface area (Å²) in [4.78, 5) is 12.4. The van der Waals surface area contributed by atoms with Crippen LogP contribution in [0.25, 0.3) is 0 Å². The van der Waals surface area contributed by atoms with Crippen molar-refractivity contribution >= 4 is 5.78 Å². The van der Waals surface area contributed by atoms with Crippen LogP contribution in [0.1, 0.15) is 55.1 Å². The Balaban J connectivity index is 2.15. The zero-order valence-corrected chi connectivity index (χ0v) is 13.1. The molecule has 0 N–H and O–H groups in total. The van der Waals surface area contributed by atoms with E-state index in [9.17, 15) is 4.79 Å². The monoisotopic (exact) mass is 282 g/mol. The van der Waals surface area contributed by atoms with Crippen molar-refractivity contribution in [2.75, 3.05) is 0 Å². The van der Waals surface area contributed by atoms with Gasteiger partial charge in [0.25, 0.3) is 0 Å². The van der Waals surface area contributed by atoms with Crippen molar-refractivity contribution in [3.63, 3.8) is 0 Å². The SMILES string of the molecule is CC(C)Oc1ccc(C(=O)c2ccc(C(C)C)cc2)cc1. The van der Waals surface area contributed by atoms with Gasteiger partial charge in [0, 0.05) is 11.1 Å². The third-order valence-electron chi connectivity index (χ3n) is 3.33. The van der Waals surface area contributed by atoms with Crippen molar-refractivity contribution in [1.82, 2.24) is 0 Å². The van der Waals surface area contributed by atoms with E-state index < -0.39 is 0 Å². The smallest absolute Gasteiger partial charge is 0.193 e. The molecule has 0 spiro atoms. The minimum absolute atomic E-state index is 0.0430. The Labute approximate surface area is 126 Å². The molecule has 0 bridgehead atoms. The number of hydrogen-bond acceptors (Lipinski definition) is 2.